The van der Waals surface area contributed by atoms with Crippen molar-refractivity contribution in [3.05, 3.63) is 0 Å². The minimum absolute atomic E-state index is 0.00840. The van der Waals surface area contributed by atoms with Gasteiger partial charge in [-0.25, -0.2) is 4.79 Å². The van der Waals surface area contributed by atoms with Gasteiger partial charge in [0.1, 0.15) is 0 Å². The normalized spacial score (nSPS) is 20.7. The van der Waals surface area contributed by atoms with Crippen molar-refractivity contribution in [3.8, 4) is 0 Å². The molecular formula is C14H25N3O4. The van der Waals surface area contributed by atoms with Gasteiger partial charge < -0.3 is 20.0 Å². The number of aliphatic hydroxyl groups excluding tert-OH is 1. The zero-order valence-electron chi connectivity index (χ0n) is 12.4. The zero-order chi connectivity index (χ0) is 15.2. The number of aliphatic hydroxyl groups is 1. The van der Waals surface area contributed by atoms with Crippen molar-refractivity contribution in [1.82, 2.24) is 14.7 Å². The van der Waals surface area contributed by atoms with Crippen LogP contribution in [0.3, 0.4) is 0 Å². The smallest absolute Gasteiger partial charge is 0.320 e. The Hall–Kier alpha value is -1.34. The summed E-state index contributed by atoms with van der Waals surface area (Å²) < 4.78 is 0. The number of carboxylic acids is 1. The second-order valence-electron chi connectivity index (χ2n) is 5.79. The summed E-state index contributed by atoms with van der Waals surface area (Å²) in [6.07, 6.45) is 4.33. The number of carbonyl (C=O) groups is 2. The van der Waals surface area contributed by atoms with Gasteiger partial charge in [-0.15, -0.1) is 0 Å². The lowest BCUT2D eigenvalue weighted by molar-refractivity contribution is -0.138. The van der Waals surface area contributed by atoms with Crippen LogP contribution in [-0.2, 0) is 4.79 Å². The highest BCUT2D eigenvalue weighted by molar-refractivity contribution is 5.75. The van der Waals surface area contributed by atoms with Gasteiger partial charge in [-0.2, -0.15) is 0 Å². The molecule has 7 heteroatoms. The largest absolute Gasteiger partial charge is 0.480 e. The van der Waals surface area contributed by atoms with Gasteiger partial charge in [0.2, 0.25) is 0 Å². The fourth-order valence-electron chi connectivity index (χ4n) is 3.23. The zero-order valence-corrected chi connectivity index (χ0v) is 12.4. The summed E-state index contributed by atoms with van der Waals surface area (Å²) >= 11 is 0. The van der Waals surface area contributed by atoms with E-state index in [1.54, 1.807) is 9.80 Å². The predicted molar refractivity (Wildman–Crippen MR) is 77.1 cm³/mol. The van der Waals surface area contributed by atoms with E-state index in [2.05, 4.69) is 0 Å². The van der Waals surface area contributed by atoms with Gasteiger partial charge in [0.15, 0.2) is 0 Å². The molecule has 2 fully saturated rings. The fourth-order valence-corrected chi connectivity index (χ4v) is 3.23. The Morgan fingerprint density at radius 1 is 1.10 bits per heavy atom. The maximum absolute atomic E-state index is 12.6. The second-order valence-corrected chi connectivity index (χ2v) is 5.79. The lowest BCUT2D eigenvalue weighted by atomic mass is 10.2. The molecule has 0 radical (unpaired) electrons. The molecule has 0 aromatic carbocycles. The molecule has 0 unspecified atom stereocenters. The average Bonchev–Trinajstić information content (AvgIpc) is 2.98. The van der Waals surface area contributed by atoms with Crippen LogP contribution in [0.15, 0.2) is 0 Å². The van der Waals surface area contributed by atoms with Crippen molar-refractivity contribution in [2.75, 3.05) is 45.9 Å². The number of carboxylic acid groups (broad SMARTS) is 1. The van der Waals surface area contributed by atoms with Crippen LogP contribution in [-0.4, -0.2) is 88.8 Å². The molecule has 0 aromatic rings. The average molecular weight is 299 g/mol. The molecule has 1 saturated heterocycles. The second kappa shape index (κ2) is 7.61. The van der Waals surface area contributed by atoms with E-state index in [0.29, 0.717) is 32.7 Å². The highest BCUT2D eigenvalue weighted by Gasteiger charge is 2.31. The number of nitrogens with zero attached hydrogens (tertiary/aromatic N) is 3. The molecule has 1 aliphatic carbocycles. The van der Waals surface area contributed by atoms with Gasteiger partial charge in [-0.1, -0.05) is 12.8 Å². The molecule has 2 rings (SSSR count). The molecule has 1 heterocycles. The number of piperazine rings is 1. The van der Waals surface area contributed by atoms with Crippen LogP contribution < -0.4 is 0 Å². The molecule has 2 N–H and O–H groups in total. The Labute approximate surface area is 125 Å². The number of carbonyl (C=O) groups excluding carboxylic acids is 1. The minimum Gasteiger partial charge on any atom is -0.480 e. The van der Waals surface area contributed by atoms with Gasteiger partial charge in [-0.05, 0) is 12.8 Å². The maximum Gasteiger partial charge on any atom is 0.320 e. The summed E-state index contributed by atoms with van der Waals surface area (Å²) in [5.74, 6) is -0.831. The van der Waals surface area contributed by atoms with E-state index in [1.807, 2.05) is 4.90 Å². The number of rotatable bonds is 5. The lowest BCUT2D eigenvalue weighted by Crippen LogP contribution is -2.55. The summed E-state index contributed by atoms with van der Waals surface area (Å²) in [5.41, 5.74) is 0. The van der Waals surface area contributed by atoms with Gasteiger partial charge in [0.25, 0.3) is 0 Å². The topological polar surface area (TPSA) is 84.3 Å². The van der Waals surface area contributed by atoms with Crippen LogP contribution in [0.1, 0.15) is 25.7 Å². The summed E-state index contributed by atoms with van der Waals surface area (Å²) in [5, 5.41) is 18.0. The SMILES string of the molecule is O=C(O)CN1CCN(C(=O)N(CCO)C2CCCC2)CC1. The number of urea groups is 1. The molecular weight excluding hydrogens is 274 g/mol. The van der Waals surface area contributed by atoms with Crippen molar-refractivity contribution >= 4 is 12.0 Å². The van der Waals surface area contributed by atoms with Crippen molar-refractivity contribution in [1.29, 1.82) is 0 Å². The number of aliphatic carboxylic acids is 1. The van der Waals surface area contributed by atoms with Crippen molar-refractivity contribution in [2.24, 2.45) is 0 Å². The summed E-state index contributed by atoms with van der Waals surface area (Å²) in [7, 11) is 0. The fraction of sp³-hybridized carbons (Fsp3) is 0.857. The van der Waals surface area contributed by atoms with E-state index in [-0.39, 0.29) is 25.2 Å². The van der Waals surface area contributed by atoms with Crippen molar-refractivity contribution in [2.45, 2.75) is 31.7 Å². The molecule has 0 aromatic heterocycles. The summed E-state index contributed by atoms with van der Waals surface area (Å²) in [4.78, 5) is 28.7. The molecule has 120 valence electrons. The Bertz CT molecular complexity index is 363. The number of hydrogen-bond acceptors (Lipinski definition) is 4. The number of hydrogen-bond donors (Lipinski definition) is 2. The summed E-state index contributed by atoms with van der Waals surface area (Å²) in [6.45, 7) is 2.71. The Kier molecular flexibility index (Phi) is 5.81. The highest BCUT2D eigenvalue weighted by atomic mass is 16.4. The van der Waals surface area contributed by atoms with E-state index < -0.39 is 5.97 Å². The highest BCUT2D eigenvalue weighted by Crippen LogP contribution is 2.24. The Morgan fingerprint density at radius 2 is 1.71 bits per heavy atom. The van der Waals surface area contributed by atoms with E-state index >= 15 is 0 Å². The first kappa shape index (κ1) is 16.0. The van der Waals surface area contributed by atoms with E-state index in [9.17, 15) is 14.7 Å². The Morgan fingerprint density at radius 3 is 2.24 bits per heavy atom. The van der Waals surface area contributed by atoms with Crippen LogP contribution in [0.5, 0.6) is 0 Å². The maximum atomic E-state index is 12.6. The first-order valence-electron chi connectivity index (χ1n) is 7.72. The monoisotopic (exact) mass is 299 g/mol. The molecule has 1 saturated carbocycles. The first-order chi connectivity index (χ1) is 10.1. The molecule has 0 atom stereocenters. The van der Waals surface area contributed by atoms with Gasteiger partial charge in [0, 0.05) is 38.8 Å². The third-order valence-electron chi connectivity index (χ3n) is 4.35. The third-order valence-corrected chi connectivity index (χ3v) is 4.35. The molecule has 2 aliphatic rings. The van der Waals surface area contributed by atoms with Crippen LogP contribution in [0.2, 0.25) is 0 Å². The van der Waals surface area contributed by atoms with Crippen LogP contribution in [0.4, 0.5) is 4.79 Å². The van der Waals surface area contributed by atoms with E-state index in [0.717, 1.165) is 25.7 Å². The summed E-state index contributed by atoms with van der Waals surface area (Å²) in [6, 6.07) is 0.243. The molecule has 2 amide bonds. The van der Waals surface area contributed by atoms with Crippen molar-refractivity contribution < 1.29 is 19.8 Å². The molecule has 7 nitrogen and oxygen atoms in total. The molecule has 0 spiro atoms. The standard InChI is InChI=1S/C14H25N3O4/c18-10-9-17(12-3-1-2-4-12)14(21)16-7-5-15(6-8-16)11-13(19)20/h12,18H,1-11H2,(H,19,20). The lowest BCUT2D eigenvalue weighted by Gasteiger charge is -2.38. The molecule has 1 aliphatic heterocycles. The van der Waals surface area contributed by atoms with Crippen LogP contribution in [0.25, 0.3) is 0 Å². The van der Waals surface area contributed by atoms with Gasteiger partial charge in [-0.3, -0.25) is 9.69 Å². The quantitative estimate of drug-likeness (QED) is 0.749. The van der Waals surface area contributed by atoms with Crippen LogP contribution in [0, 0.1) is 0 Å². The van der Waals surface area contributed by atoms with Gasteiger partial charge in [0.05, 0.1) is 13.2 Å². The molecule has 21 heavy (non-hydrogen) atoms. The first-order valence-corrected chi connectivity index (χ1v) is 7.72. The van der Waals surface area contributed by atoms with E-state index in [4.69, 9.17) is 5.11 Å². The minimum atomic E-state index is -0.831. The third kappa shape index (κ3) is 4.31. The van der Waals surface area contributed by atoms with Gasteiger partial charge >= 0.3 is 12.0 Å². The molecule has 0 bridgehead atoms. The van der Waals surface area contributed by atoms with Crippen LogP contribution >= 0.6 is 0 Å². The predicted octanol–water partition coefficient (Wildman–Crippen LogP) is 0.0455. The Balaban J connectivity index is 1.87. The number of amides is 2. The van der Waals surface area contributed by atoms with Crippen molar-refractivity contribution in [3.63, 3.8) is 0 Å². The van der Waals surface area contributed by atoms with E-state index in [1.165, 1.54) is 0 Å².